The molecule has 0 fully saturated rings. The summed E-state index contributed by atoms with van der Waals surface area (Å²) in [4.78, 5) is 10.9. The first-order chi connectivity index (χ1) is 11.7. The number of hydrogen-bond acceptors (Lipinski definition) is 4. The number of aliphatic carboxylic acids is 1. The second kappa shape index (κ2) is 7.51. The Kier molecular flexibility index (Phi) is 5.82. The van der Waals surface area contributed by atoms with Gasteiger partial charge in [-0.3, -0.25) is 9.10 Å². The number of sulfonamides is 1. The molecule has 0 radical (unpaired) electrons. The molecule has 6 nitrogen and oxygen atoms in total. The summed E-state index contributed by atoms with van der Waals surface area (Å²) in [5.41, 5.74) is 0.993. The second-order valence-corrected chi connectivity index (χ2v) is 7.73. The van der Waals surface area contributed by atoms with Crippen molar-refractivity contribution in [3.05, 3.63) is 52.0 Å². The van der Waals surface area contributed by atoms with E-state index in [0.29, 0.717) is 0 Å². The predicted octanol–water partition coefficient (Wildman–Crippen LogP) is 3.59. The van der Waals surface area contributed by atoms with Crippen LogP contribution in [0.15, 0.2) is 41.3 Å². The number of rotatable bonds is 6. The molecule has 0 aliphatic rings. The first-order valence-corrected chi connectivity index (χ1v) is 9.21. The summed E-state index contributed by atoms with van der Waals surface area (Å²) in [7, 11) is -2.89. The molecular formula is C16H15Cl2NO5S. The molecule has 0 atom stereocenters. The monoisotopic (exact) mass is 403 g/mol. The number of benzene rings is 2. The molecule has 9 heteroatoms. The van der Waals surface area contributed by atoms with E-state index in [0.717, 1.165) is 9.87 Å². The van der Waals surface area contributed by atoms with Crippen molar-refractivity contribution in [2.24, 2.45) is 0 Å². The van der Waals surface area contributed by atoms with E-state index in [-0.39, 0.29) is 26.4 Å². The van der Waals surface area contributed by atoms with Crippen LogP contribution in [0.2, 0.25) is 10.0 Å². The highest BCUT2D eigenvalue weighted by atomic mass is 35.5. The molecule has 0 unspecified atom stereocenters. The van der Waals surface area contributed by atoms with Crippen LogP contribution in [0.1, 0.15) is 5.56 Å². The minimum absolute atomic E-state index is 0.0650. The molecule has 0 spiro atoms. The SMILES string of the molecule is COc1ccc(S(=O)(=O)N(CC(=O)O)c2cccc(C)c2)c(Cl)c1Cl. The summed E-state index contributed by atoms with van der Waals surface area (Å²) in [5, 5.41) is 8.85. The van der Waals surface area contributed by atoms with Crippen molar-refractivity contribution < 1.29 is 23.1 Å². The van der Waals surface area contributed by atoms with Crippen molar-refractivity contribution in [3.8, 4) is 5.75 Å². The Labute approximate surface area is 155 Å². The van der Waals surface area contributed by atoms with Crippen LogP contribution < -0.4 is 9.04 Å². The lowest BCUT2D eigenvalue weighted by Crippen LogP contribution is -2.36. The van der Waals surface area contributed by atoms with E-state index in [9.17, 15) is 13.2 Å². The normalized spacial score (nSPS) is 11.2. The second-order valence-electron chi connectivity index (χ2n) is 5.14. The van der Waals surface area contributed by atoms with Gasteiger partial charge in [0.1, 0.15) is 22.2 Å². The van der Waals surface area contributed by atoms with E-state index >= 15 is 0 Å². The molecule has 1 N–H and O–H groups in total. The van der Waals surface area contributed by atoms with Crippen LogP contribution in [-0.2, 0) is 14.8 Å². The zero-order valence-corrected chi connectivity index (χ0v) is 15.7. The van der Waals surface area contributed by atoms with Gasteiger partial charge in [-0.15, -0.1) is 0 Å². The van der Waals surface area contributed by atoms with Gasteiger partial charge in [0.2, 0.25) is 0 Å². The molecule has 2 aromatic rings. The highest BCUT2D eigenvalue weighted by Crippen LogP contribution is 2.38. The summed E-state index contributed by atoms with van der Waals surface area (Å²) in [6, 6.07) is 9.07. The third-order valence-electron chi connectivity index (χ3n) is 3.37. The topological polar surface area (TPSA) is 83.9 Å². The maximum absolute atomic E-state index is 13.0. The van der Waals surface area contributed by atoms with Crippen molar-refractivity contribution >= 4 is 44.9 Å². The largest absolute Gasteiger partial charge is 0.495 e. The molecule has 2 rings (SSSR count). The molecule has 0 heterocycles. The van der Waals surface area contributed by atoms with Crippen LogP contribution in [0.5, 0.6) is 5.75 Å². The van der Waals surface area contributed by atoms with Crippen molar-refractivity contribution in [1.82, 2.24) is 0 Å². The third kappa shape index (κ3) is 4.00. The van der Waals surface area contributed by atoms with Crippen molar-refractivity contribution in [2.45, 2.75) is 11.8 Å². The number of aryl methyl sites for hydroxylation is 1. The Hall–Kier alpha value is -1.96. The highest BCUT2D eigenvalue weighted by Gasteiger charge is 2.30. The molecule has 25 heavy (non-hydrogen) atoms. The van der Waals surface area contributed by atoms with Crippen molar-refractivity contribution in [3.63, 3.8) is 0 Å². The Bertz CT molecular complexity index is 915. The van der Waals surface area contributed by atoms with Crippen LogP contribution in [-0.4, -0.2) is 33.1 Å². The fourth-order valence-electron chi connectivity index (χ4n) is 2.21. The fraction of sp³-hybridized carbons (Fsp3) is 0.188. The van der Waals surface area contributed by atoms with Gasteiger partial charge >= 0.3 is 5.97 Å². The van der Waals surface area contributed by atoms with E-state index in [1.165, 1.54) is 25.3 Å². The maximum Gasteiger partial charge on any atom is 0.324 e. The average Bonchev–Trinajstić information content (AvgIpc) is 2.54. The molecule has 2 aromatic carbocycles. The summed E-state index contributed by atoms with van der Waals surface area (Å²) in [5.74, 6) is -1.09. The number of anilines is 1. The van der Waals surface area contributed by atoms with Crippen LogP contribution >= 0.6 is 23.2 Å². The first kappa shape index (κ1) is 19.4. The van der Waals surface area contributed by atoms with E-state index < -0.39 is 22.5 Å². The molecule has 0 saturated heterocycles. The van der Waals surface area contributed by atoms with Crippen LogP contribution in [0.4, 0.5) is 5.69 Å². The van der Waals surface area contributed by atoms with Gasteiger partial charge in [-0.05, 0) is 36.8 Å². The van der Waals surface area contributed by atoms with Gasteiger partial charge in [0.25, 0.3) is 10.0 Å². The quantitative estimate of drug-likeness (QED) is 0.796. The number of methoxy groups -OCH3 is 1. The number of hydrogen-bond donors (Lipinski definition) is 1. The van der Waals surface area contributed by atoms with E-state index in [1.54, 1.807) is 25.1 Å². The molecule has 134 valence electrons. The third-order valence-corrected chi connectivity index (χ3v) is 6.16. The lowest BCUT2D eigenvalue weighted by Gasteiger charge is -2.24. The van der Waals surface area contributed by atoms with Crippen LogP contribution in [0, 0.1) is 6.92 Å². The Morgan fingerprint density at radius 2 is 1.88 bits per heavy atom. The van der Waals surface area contributed by atoms with Gasteiger partial charge in [-0.2, -0.15) is 0 Å². The average molecular weight is 404 g/mol. The summed E-state index contributed by atoms with van der Waals surface area (Å²) in [6.07, 6.45) is 0. The number of carboxylic acids is 1. The summed E-state index contributed by atoms with van der Waals surface area (Å²) >= 11 is 12.1. The first-order valence-electron chi connectivity index (χ1n) is 7.01. The van der Waals surface area contributed by atoms with Crippen LogP contribution in [0.3, 0.4) is 0 Å². The van der Waals surface area contributed by atoms with Gasteiger partial charge in [0.15, 0.2) is 0 Å². The number of carbonyl (C=O) groups is 1. The van der Waals surface area contributed by atoms with Crippen molar-refractivity contribution in [1.29, 1.82) is 0 Å². The predicted molar refractivity (Wildman–Crippen MR) is 96.4 cm³/mol. The van der Waals surface area contributed by atoms with Crippen LogP contribution in [0.25, 0.3) is 0 Å². The van der Waals surface area contributed by atoms with Gasteiger partial charge in [-0.25, -0.2) is 8.42 Å². The number of carboxylic acid groups (broad SMARTS) is 1. The van der Waals surface area contributed by atoms with E-state index in [1.807, 2.05) is 0 Å². The summed E-state index contributed by atoms with van der Waals surface area (Å²) in [6.45, 7) is 1.01. The van der Waals surface area contributed by atoms with Gasteiger partial charge in [-0.1, -0.05) is 35.3 Å². The molecule has 0 bridgehead atoms. The molecule has 0 saturated carbocycles. The molecule has 0 aromatic heterocycles. The zero-order chi connectivity index (χ0) is 18.8. The molecule has 0 amide bonds. The maximum atomic E-state index is 13.0. The zero-order valence-electron chi connectivity index (χ0n) is 13.4. The van der Waals surface area contributed by atoms with Crippen molar-refractivity contribution in [2.75, 3.05) is 18.0 Å². The van der Waals surface area contributed by atoms with Gasteiger partial charge < -0.3 is 9.84 Å². The Morgan fingerprint density at radius 3 is 2.44 bits per heavy atom. The minimum Gasteiger partial charge on any atom is -0.495 e. The number of ether oxygens (including phenoxy) is 1. The molecular weight excluding hydrogens is 389 g/mol. The van der Waals surface area contributed by atoms with E-state index in [4.69, 9.17) is 33.0 Å². The van der Waals surface area contributed by atoms with E-state index in [2.05, 4.69) is 0 Å². The molecule has 0 aliphatic carbocycles. The lowest BCUT2D eigenvalue weighted by atomic mass is 10.2. The minimum atomic E-state index is -4.26. The van der Waals surface area contributed by atoms with Gasteiger partial charge in [0.05, 0.1) is 17.8 Å². The fourth-order valence-corrected chi connectivity index (χ4v) is 4.43. The number of halogens is 2. The highest BCUT2D eigenvalue weighted by molar-refractivity contribution is 7.93. The molecule has 0 aliphatic heterocycles. The van der Waals surface area contributed by atoms with Gasteiger partial charge in [0, 0.05) is 0 Å². The number of nitrogens with zero attached hydrogens (tertiary/aromatic N) is 1. The standard InChI is InChI=1S/C16H15Cl2NO5S/c1-10-4-3-5-11(8-10)19(9-14(20)21)25(22,23)13-7-6-12(24-2)15(17)16(13)18/h3-8H,9H2,1-2H3,(H,20,21). The smallest absolute Gasteiger partial charge is 0.324 e. The summed E-state index contributed by atoms with van der Waals surface area (Å²) < 4.78 is 31.8. The Morgan fingerprint density at radius 1 is 1.20 bits per heavy atom. The lowest BCUT2D eigenvalue weighted by molar-refractivity contribution is -0.135. The Balaban J connectivity index is 2.64.